The zero-order valence-electron chi connectivity index (χ0n) is 8.62. The van der Waals surface area contributed by atoms with Gasteiger partial charge in [0.05, 0.1) is 12.3 Å². The summed E-state index contributed by atoms with van der Waals surface area (Å²) in [5.41, 5.74) is 0.969. The number of nitrogens with one attached hydrogen (secondary N) is 1. The monoisotopic (exact) mass is 219 g/mol. The van der Waals surface area contributed by atoms with Crippen molar-refractivity contribution in [3.63, 3.8) is 0 Å². The van der Waals surface area contributed by atoms with Crippen molar-refractivity contribution in [1.29, 1.82) is 0 Å². The van der Waals surface area contributed by atoms with Gasteiger partial charge in [0.1, 0.15) is 0 Å². The molecule has 0 spiro atoms. The summed E-state index contributed by atoms with van der Waals surface area (Å²) in [6.07, 6.45) is 1.90. The fourth-order valence-corrected chi connectivity index (χ4v) is 1.36. The fourth-order valence-electron chi connectivity index (χ4n) is 0.993. The number of hydrogen-bond acceptors (Lipinski definition) is 2. The molecule has 1 rings (SSSR count). The van der Waals surface area contributed by atoms with E-state index in [0.29, 0.717) is 12.3 Å². The van der Waals surface area contributed by atoms with Crippen molar-refractivity contribution < 1.29 is 4.79 Å². The predicted molar refractivity (Wildman–Crippen MR) is 64.7 cm³/mol. The number of carbonyl (C=O) groups is 1. The van der Waals surface area contributed by atoms with E-state index in [1.54, 1.807) is 0 Å². The molecule has 78 valence electrons. The van der Waals surface area contributed by atoms with Crippen LogP contribution in [0.25, 0.3) is 0 Å². The Bertz CT molecular complexity index is 364. The minimum atomic E-state index is 0.0323. The van der Waals surface area contributed by atoms with Gasteiger partial charge in [0.15, 0.2) is 0 Å². The van der Waals surface area contributed by atoms with E-state index in [2.05, 4.69) is 17.2 Å². The van der Waals surface area contributed by atoms with Crippen molar-refractivity contribution in [1.82, 2.24) is 5.32 Å². The summed E-state index contributed by atoms with van der Waals surface area (Å²) in [7, 11) is 0. The van der Waals surface area contributed by atoms with Crippen LogP contribution in [0.5, 0.6) is 0 Å². The van der Waals surface area contributed by atoms with E-state index in [1.165, 1.54) is 11.8 Å². The Balaban J connectivity index is 2.32. The maximum Gasteiger partial charge on any atom is 0.230 e. The Morgan fingerprint density at radius 3 is 2.80 bits per heavy atom. The second-order valence-electron chi connectivity index (χ2n) is 2.88. The highest BCUT2D eigenvalue weighted by atomic mass is 32.2. The second kappa shape index (κ2) is 6.97. The van der Waals surface area contributed by atoms with Crippen LogP contribution < -0.4 is 5.32 Å². The molecule has 0 heterocycles. The summed E-state index contributed by atoms with van der Waals surface area (Å²) in [5, 5.41) is 2.72. The summed E-state index contributed by atoms with van der Waals surface area (Å²) >= 11 is 1.50. The molecule has 0 bridgehead atoms. The van der Waals surface area contributed by atoms with Gasteiger partial charge in [0.2, 0.25) is 5.91 Å². The van der Waals surface area contributed by atoms with Gasteiger partial charge < -0.3 is 5.32 Å². The molecular weight excluding hydrogens is 206 g/mol. The predicted octanol–water partition coefficient (Wildman–Crippen LogP) is 1.52. The molecule has 0 aromatic heterocycles. The molecule has 2 nitrogen and oxygen atoms in total. The first-order chi connectivity index (χ1) is 7.33. The molecule has 3 heteroatoms. The average Bonchev–Trinajstić information content (AvgIpc) is 2.26. The highest BCUT2D eigenvalue weighted by molar-refractivity contribution is 7.99. The lowest BCUT2D eigenvalue weighted by molar-refractivity contribution is -0.118. The Kier molecular flexibility index (Phi) is 5.42. The van der Waals surface area contributed by atoms with Gasteiger partial charge in [-0.25, -0.2) is 0 Å². The third-order valence-corrected chi connectivity index (χ3v) is 2.21. The Morgan fingerprint density at radius 2 is 2.13 bits per heavy atom. The number of thioether (sulfide) groups is 1. The second-order valence-corrected chi connectivity index (χ2v) is 3.74. The van der Waals surface area contributed by atoms with Gasteiger partial charge in [-0.15, -0.1) is 0 Å². The van der Waals surface area contributed by atoms with Gasteiger partial charge in [-0.2, -0.15) is 11.8 Å². The summed E-state index contributed by atoms with van der Waals surface area (Å²) in [5.74, 6) is 6.40. The molecule has 0 atom stereocenters. The van der Waals surface area contributed by atoms with Gasteiger partial charge in [-0.3, -0.25) is 4.79 Å². The van der Waals surface area contributed by atoms with E-state index in [-0.39, 0.29) is 5.91 Å². The highest BCUT2D eigenvalue weighted by Crippen LogP contribution is 1.94. The summed E-state index contributed by atoms with van der Waals surface area (Å²) < 4.78 is 0. The number of rotatable bonds is 3. The van der Waals surface area contributed by atoms with Gasteiger partial charge in [0, 0.05) is 5.56 Å². The third-order valence-electron chi connectivity index (χ3n) is 1.66. The van der Waals surface area contributed by atoms with Crippen molar-refractivity contribution >= 4 is 17.7 Å². The fraction of sp³-hybridized carbons (Fsp3) is 0.250. The van der Waals surface area contributed by atoms with Crippen LogP contribution in [0.1, 0.15) is 5.56 Å². The Morgan fingerprint density at radius 1 is 1.40 bits per heavy atom. The standard InChI is InChI=1S/C12H13NOS/c1-15-10-12(14)13-9-5-8-11-6-3-2-4-7-11/h2-4,6-7H,9-10H2,1H3,(H,13,14). The SMILES string of the molecule is CSCC(=O)NCC#Cc1ccccc1. The Hall–Kier alpha value is -1.40. The number of carbonyl (C=O) groups excluding carboxylic acids is 1. The summed E-state index contributed by atoms with van der Waals surface area (Å²) in [6.45, 7) is 0.411. The highest BCUT2D eigenvalue weighted by Gasteiger charge is 1.94. The zero-order valence-corrected chi connectivity index (χ0v) is 9.43. The molecule has 0 fully saturated rings. The van der Waals surface area contributed by atoms with Crippen molar-refractivity contribution in [2.24, 2.45) is 0 Å². The molecule has 0 aliphatic heterocycles. The lowest BCUT2D eigenvalue weighted by Crippen LogP contribution is -2.25. The number of benzene rings is 1. The van der Waals surface area contributed by atoms with Crippen LogP contribution in [0.4, 0.5) is 0 Å². The number of hydrogen-bond donors (Lipinski definition) is 1. The van der Waals surface area contributed by atoms with Gasteiger partial charge in [-0.05, 0) is 18.4 Å². The molecule has 1 amide bonds. The first kappa shape index (κ1) is 11.7. The first-order valence-corrected chi connectivity index (χ1v) is 6.02. The molecular formula is C12H13NOS. The van der Waals surface area contributed by atoms with Gasteiger partial charge in [0.25, 0.3) is 0 Å². The van der Waals surface area contributed by atoms with Crippen LogP contribution in [0.2, 0.25) is 0 Å². The van der Waals surface area contributed by atoms with E-state index < -0.39 is 0 Å². The van der Waals surface area contributed by atoms with Crippen LogP contribution in [0.3, 0.4) is 0 Å². The minimum Gasteiger partial charge on any atom is -0.344 e. The maximum atomic E-state index is 11.1. The van der Waals surface area contributed by atoms with E-state index >= 15 is 0 Å². The van der Waals surface area contributed by atoms with Crippen molar-refractivity contribution in [2.75, 3.05) is 18.6 Å². The van der Waals surface area contributed by atoms with E-state index in [1.807, 2.05) is 36.6 Å². The molecule has 0 radical (unpaired) electrons. The Labute approximate surface area is 94.5 Å². The summed E-state index contributed by atoms with van der Waals surface area (Å²) in [4.78, 5) is 11.1. The van der Waals surface area contributed by atoms with E-state index in [4.69, 9.17) is 0 Å². The van der Waals surface area contributed by atoms with Crippen LogP contribution in [0, 0.1) is 11.8 Å². The molecule has 1 aromatic rings. The maximum absolute atomic E-state index is 11.1. The molecule has 1 aromatic carbocycles. The molecule has 1 N–H and O–H groups in total. The van der Waals surface area contributed by atoms with Crippen LogP contribution in [-0.2, 0) is 4.79 Å². The average molecular weight is 219 g/mol. The minimum absolute atomic E-state index is 0.0323. The smallest absolute Gasteiger partial charge is 0.230 e. The molecule has 0 saturated heterocycles. The molecule has 0 unspecified atom stereocenters. The summed E-state index contributed by atoms with van der Waals surface area (Å²) in [6, 6.07) is 9.71. The van der Waals surface area contributed by atoms with Crippen LogP contribution in [0.15, 0.2) is 30.3 Å². The lowest BCUT2D eigenvalue weighted by atomic mass is 10.2. The number of amides is 1. The van der Waals surface area contributed by atoms with Crippen LogP contribution in [-0.4, -0.2) is 24.5 Å². The zero-order chi connectivity index (χ0) is 10.9. The molecule has 15 heavy (non-hydrogen) atoms. The largest absolute Gasteiger partial charge is 0.344 e. The molecule has 0 aliphatic carbocycles. The van der Waals surface area contributed by atoms with Gasteiger partial charge in [-0.1, -0.05) is 30.0 Å². The lowest BCUT2D eigenvalue weighted by Gasteiger charge is -1.96. The van der Waals surface area contributed by atoms with Crippen molar-refractivity contribution in [3.8, 4) is 11.8 Å². The molecule has 0 saturated carbocycles. The molecule has 0 aliphatic rings. The quantitative estimate of drug-likeness (QED) is 0.781. The first-order valence-electron chi connectivity index (χ1n) is 4.62. The van der Waals surface area contributed by atoms with Crippen molar-refractivity contribution in [3.05, 3.63) is 35.9 Å². The van der Waals surface area contributed by atoms with E-state index in [9.17, 15) is 4.79 Å². The topological polar surface area (TPSA) is 29.1 Å². The normalized spacial score (nSPS) is 8.87. The third kappa shape index (κ3) is 5.14. The van der Waals surface area contributed by atoms with Crippen LogP contribution >= 0.6 is 11.8 Å². The van der Waals surface area contributed by atoms with E-state index in [0.717, 1.165) is 5.56 Å². The van der Waals surface area contributed by atoms with Crippen molar-refractivity contribution in [2.45, 2.75) is 0 Å². The van der Waals surface area contributed by atoms with Gasteiger partial charge >= 0.3 is 0 Å².